The Bertz CT molecular complexity index is 668. The van der Waals surface area contributed by atoms with Crippen molar-refractivity contribution in [2.75, 3.05) is 6.61 Å². The van der Waals surface area contributed by atoms with E-state index in [1.54, 1.807) is 6.08 Å². The molecule has 3 nitrogen and oxygen atoms in total. The van der Waals surface area contributed by atoms with Gasteiger partial charge in [0.2, 0.25) is 0 Å². The summed E-state index contributed by atoms with van der Waals surface area (Å²) in [6, 6.07) is 6.46. The lowest BCUT2D eigenvalue weighted by molar-refractivity contribution is -0.137. The molecule has 1 aromatic carbocycles. The number of carbonyl (C=O) groups is 1. The van der Waals surface area contributed by atoms with E-state index in [4.69, 9.17) is 9.16 Å². The number of rotatable bonds is 5. The van der Waals surface area contributed by atoms with Gasteiger partial charge in [-0.25, -0.2) is 4.79 Å². The van der Waals surface area contributed by atoms with Crippen molar-refractivity contribution in [2.24, 2.45) is 0 Å². The zero-order valence-corrected chi connectivity index (χ0v) is 18.3. The van der Waals surface area contributed by atoms with Gasteiger partial charge < -0.3 is 9.16 Å². The number of hydrogen-bond donors (Lipinski definition) is 0. The van der Waals surface area contributed by atoms with Gasteiger partial charge in [0.15, 0.2) is 8.32 Å². The van der Waals surface area contributed by atoms with Crippen LogP contribution in [0.4, 0.5) is 0 Å². The van der Waals surface area contributed by atoms with Gasteiger partial charge in [0, 0.05) is 6.08 Å². The van der Waals surface area contributed by atoms with Crippen molar-refractivity contribution in [2.45, 2.75) is 78.1 Å². The van der Waals surface area contributed by atoms with Gasteiger partial charge in [-0.15, -0.1) is 0 Å². The summed E-state index contributed by atoms with van der Waals surface area (Å²) in [6.45, 7) is 14.2. The van der Waals surface area contributed by atoms with Crippen molar-refractivity contribution in [3.8, 4) is 0 Å². The molecule has 0 bridgehead atoms. The first-order chi connectivity index (χ1) is 12.2. The molecule has 144 valence electrons. The van der Waals surface area contributed by atoms with Crippen molar-refractivity contribution in [1.29, 1.82) is 0 Å². The average Bonchev–Trinajstić information content (AvgIpc) is 2.75. The molecule has 0 aromatic heterocycles. The molecule has 0 atom stereocenters. The van der Waals surface area contributed by atoms with Crippen molar-refractivity contribution in [3.63, 3.8) is 0 Å². The Morgan fingerprint density at radius 2 is 1.88 bits per heavy atom. The van der Waals surface area contributed by atoms with Crippen LogP contribution in [0, 0.1) is 0 Å². The van der Waals surface area contributed by atoms with Crippen molar-refractivity contribution in [3.05, 3.63) is 41.0 Å². The first-order valence-electron chi connectivity index (χ1n) is 9.78. The standard InChI is InChI=1S/C22H34O3Si/c1-7-24-20(23)15-18-12-9-8-11-17-13-10-14-19(21(17)18)16-25-26(5,6)22(2,3)4/h10,13-15H,7-9,11-12,16H2,1-6H3/b18-15+. The second kappa shape index (κ2) is 8.53. The fourth-order valence-corrected chi connectivity index (χ4v) is 4.04. The van der Waals surface area contributed by atoms with Gasteiger partial charge in [0.25, 0.3) is 0 Å². The molecule has 0 amide bonds. The molecule has 0 heterocycles. The summed E-state index contributed by atoms with van der Waals surface area (Å²) >= 11 is 0. The van der Waals surface area contributed by atoms with E-state index in [-0.39, 0.29) is 11.0 Å². The lowest BCUT2D eigenvalue weighted by Crippen LogP contribution is -2.40. The number of allylic oxidation sites excluding steroid dienone is 1. The average molecular weight is 375 g/mol. The van der Waals surface area contributed by atoms with E-state index < -0.39 is 8.32 Å². The summed E-state index contributed by atoms with van der Waals surface area (Å²) in [5, 5.41) is 0.183. The van der Waals surface area contributed by atoms with E-state index in [0.717, 1.165) is 31.3 Å². The molecular formula is C22H34O3Si. The second-order valence-corrected chi connectivity index (χ2v) is 13.4. The zero-order valence-electron chi connectivity index (χ0n) is 17.3. The number of ether oxygens (including phenoxy) is 1. The van der Waals surface area contributed by atoms with Crippen LogP contribution in [0.5, 0.6) is 0 Å². The Kier molecular flexibility index (Phi) is 6.86. The van der Waals surface area contributed by atoms with E-state index in [9.17, 15) is 4.79 Å². The monoisotopic (exact) mass is 374 g/mol. The Hall–Kier alpha value is -1.39. The Morgan fingerprint density at radius 1 is 1.19 bits per heavy atom. The van der Waals surface area contributed by atoms with Crippen LogP contribution < -0.4 is 0 Å². The maximum atomic E-state index is 12.1. The van der Waals surface area contributed by atoms with E-state index in [1.165, 1.54) is 16.7 Å². The number of benzene rings is 1. The lowest BCUT2D eigenvalue weighted by Gasteiger charge is -2.36. The molecule has 26 heavy (non-hydrogen) atoms. The van der Waals surface area contributed by atoms with Crippen LogP contribution in [0.15, 0.2) is 24.3 Å². The highest BCUT2D eigenvalue weighted by Crippen LogP contribution is 2.38. The summed E-state index contributed by atoms with van der Waals surface area (Å²) in [7, 11) is -1.82. The first kappa shape index (κ1) is 20.9. The molecule has 0 radical (unpaired) electrons. The van der Waals surface area contributed by atoms with Crippen LogP contribution in [0.1, 0.15) is 63.6 Å². The fraction of sp³-hybridized carbons (Fsp3) is 0.591. The predicted molar refractivity (Wildman–Crippen MR) is 111 cm³/mol. The third kappa shape index (κ3) is 5.07. The van der Waals surface area contributed by atoms with Crippen LogP contribution in [0.2, 0.25) is 18.1 Å². The van der Waals surface area contributed by atoms with Crippen molar-refractivity contribution in [1.82, 2.24) is 0 Å². The van der Waals surface area contributed by atoms with Gasteiger partial charge in [-0.2, -0.15) is 0 Å². The first-order valence-corrected chi connectivity index (χ1v) is 12.7. The van der Waals surface area contributed by atoms with E-state index in [0.29, 0.717) is 13.2 Å². The van der Waals surface area contributed by atoms with Crippen LogP contribution in [0.25, 0.3) is 5.57 Å². The normalized spacial score (nSPS) is 16.9. The fourth-order valence-electron chi connectivity index (χ4n) is 3.10. The second-order valence-electron chi connectivity index (χ2n) is 8.63. The minimum absolute atomic E-state index is 0.183. The van der Waals surface area contributed by atoms with E-state index >= 15 is 0 Å². The molecule has 0 aliphatic heterocycles. The highest BCUT2D eigenvalue weighted by atomic mass is 28.4. The number of aryl methyl sites for hydroxylation is 1. The predicted octanol–water partition coefficient (Wildman–Crippen LogP) is 5.88. The molecule has 2 rings (SSSR count). The van der Waals surface area contributed by atoms with E-state index in [2.05, 4.69) is 52.1 Å². The zero-order chi connectivity index (χ0) is 19.4. The summed E-state index contributed by atoms with van der Waals surface area (Å²) in [5.74, 6) is -0.240. The smallest absolute Gasteiger partial charge is 0.331 e. The molecule has 0 unspecified atom stereocenters. The van der Waals surface area contributed by atoms with Gasteiger partial charge in [-0.1, -0.05) is 39.0 Å². The van der Waals surface area contributed by atoms with Gasteiger partial charge in [0.05, 0.1) is 13.2 Å². The molecule has 1 aliphatic carbocycles. The molecule has 0 saturated heterocycles. The number of carbonyl (C=O) groups excluding carboxylic acids is 1. The van der Waals surface area contributed by atoms with Gasteiger partial charge in [-0.05, 0) is 73.0 Å². The largest absolute Gasteiger partial charge is 0.463 e. The minimum Gasteiger partial charge on any atom is -0.463 e. The van der Waals surface area contributed by atoms with Crippen LogP contribution in [-0.4, -0.2) is 20.9 Å². The molecule has 1 aliphatic rings. The minimum atomic E-state index is -1.82. The van der Waals surface area contributed by atoms with Gasteiger partial charge in [-0.3, -0.25) is 0 Å². The summed E-state index contributed by atoms with van der Waals surface area (Å²) in [5.41, 5.74) is 4.85. The highest BCUT2D eigenvalue weighted by molar-refractivity contribution is 6.74. The maximum absolute atomic E-state index is 12.1. The Balaban J connectivity index is 2.36. The van der Waals surface area contributed by atoms with Crippen LogP contribution >= 0.6 is 0 Å². The molecule has 0 N–H and O–H groups in total. The highest BCUT2D eigenvalue weighted by Gasteiger charge is 2.37. The van der Waals surface area contributed by atoms with Gasteiger partial charge >= 0.3 is 5.97 Å². The third-order valence-corrected chi connectivity index (χ3v) is 10.2. The van der Waals surface area contributed by atoms with Crippen LogP contribution in [0.3, 0.4) is 0 Å². The van der Waals surface area contributed by atoms with Gasteiger partial charge in [0.1, 0.15) is 0 Å². The number of hydrogen-bond acceptors (Lipinski definition) is 3. The van der Waals surface area contributed by atoms with Crippen LogP contribution in [-0.2, 0) is 27.0 Å². The molecule has 1 aromatic rings. The molecule has 0 saturated carbocycles. The summed E-state index contributed by atoms with van der Waals surface area (Å²) < 4.78 is 11.6. The summed E-state index contributed by atoms with van der Waals surface area (Å²) in [4.78, 5) is 12.1. The van der Waals surface area contributed by atoms with E-state index in [1.807, 2.05) is 6.92 Å². The molecule has 0 spiro atoms. The Labute approximate surface area is 159 Å². The van der Waals surface area contributed by atoms with Crippen molar-refractivity contribution >= 4 is 19.9 Å². The molecule has 0 fully saturated rings. The summed E-state index contributed by atoms with van der Waals surface area (Å²) in [6.07, 6.45) is 5.93. The quantitative estimate of drug-likeness (QED) is 0.279. The lowest BCUT2D eigenvalue weighted by atomic mass is 9.93. The maximum Gasteiger partial charge on any atom is 0.331 e. The number of fused-ring (bicyclic) bond motifs is 1. The Morgan fingerprint density at radius 3 is 2.54 bits per heavy atom. The SMILES string of the molecule is CCOC(=O)/C=C1\CCCCc2cccc(CO[Si](C)(C)C(C)(C)C)c21. The topological polar surface area (TPSA) is 35.5 Å². The molecular weight excluding hydrogens is 340 g/mol. The number of esters is 1. The van der Waals surface area contributed by atoms with Crippen molar-refractivity contribution < 1.29 is 14.0 Å². The third-order valence-electron chi connectivity index (χ3n) is 5.67. The molecule has 4 heteroatoms.